The molecule has 0 aromatic heterocycles. The maximum Gasteiger partial charge on any atom is 0.364 e. The Morgan fingerprint density at radius 1 is 0.383 bits per heavy atom. The van der Waals surface area contributed by atoms with E-state index in [0.717, 1.165) is 20.8 Å². The SMILES string of the molecule is CC(=O)N[C@H]1[C@H](O[C@@H]2[C@H](O[C@]3(C(=O)O)C[C@H](O)[C@@H](NC(=O)CO)[C@H]([C@H](O)[C@H](O)CO)O3)[C@@H](NC(C)=O)[C@H](O[C@H]3[C@@H](O)[C@@H](CO)O[C@@H](O[C@@H]4[C@H](O)[C@@H](O)[C@H](O[C@@H]([C@@H](O)[C@H](O)CO[C@]5(C(=O)O)C[C@H](O)[C@@H](NC(=O)CO)[C@H]([C@H](O)[C@@H](CO)O[C@]6(C(=O)O)C[C@H](O)[C@@H](NC(=O)CO)[C@H]([C@H](O)[C@H](O)CO)O6)O5)[C@H](CO)NC(C)=O)O[C@@H]4CO)[C@@H]3O)O[C@@H]2CO)O[C@H](CO)[C@H](O)[C@@H]1O. The minimum absolute atomic E-state index is 0.786. The molecule has 7 heterocycles. The Kier molecular flexibility index (Phi) is 40.3. The van der Waals surface area contributed by atoms with Gasteiger partial charge < -0.3 is 251 Å². The number of ether oxygens (including phenoxy) is 14. The highest BCUT2D eigenvalue weighted by Crippen LogP contribution is 2.44. The Morgan fingerprint density at radius 2 is 0.789 bits per heavy atom. The number of aliphatic carboxylic acids is 3. The number of aliphatic hydroxyl groups is 27. The zero-order valence-electron chi connectivity index (χ0n) is 67.9. The van der Waals surface area contributed by atoms with Crippen LogP contribution in [0.15, 0.2) is 0 Å². The highest BCUT2D eigenvalue weighted by atomic mass is 16.8. The van der Waals surface area contributed by atoms with Gasteiger partial charge in [-0.3, -0.25) is 28.8 Å². The average Bonchev–Trinajstić information content (AvgIpc) is 0.740. The van der Waals surface area contributed by atoms with Gasteiger partial charge in [0.15, 0.2) is 25.2 Å². The summed E-state index contributed by atoms with van der Waals surface area (Å²) in [5, 5.41) is 342. The maximum absolute atomic E-state index is 13.9. The van der Waals surface area contributed by atoms with E-state index >= 15 is 0 Å². The van der Waals surface area contributed by atoms with Crippen molar-refractivity contribution in [1.82, 2.24) is 31.9 Å². The fourth-order valence-corrected chi connectivity index (χ4v) is 15.5. The van der Waals surface area contributed by atoms with Crippen molar-refractivity contribution in [1.29, 1.82) is 0 Å². The molecule has 59 nitrogen and oxygen atoms in total. The van der Waals surface area contributed by atoms with Crippen molar-refractivity contribution in [3.63, 3.8) is 0 Å². The third-order valence-corrected chi connectivity index (χ3v) is 22.0. The summed E-state index contributed by atoms with van der Waals surface area (Å²) in [6, 6.07) is -12.5. The number of nitrogens with one attached hydrogen (secondary N) is 6. The number of aliphatic hydroxyl groups excluding tert-OH is 27. The van der Waals surface area contributed by atoms with Crippen LogP contribution in [-0.4, -0.2) is 542 Å². The van der Waals surface area contributed by atoms with E-state index in [0.29, 0.717) is 0 Å². The van der Waals surface area contributed by atoms with Crippen molar-refractivity contribution < 1.29 is 263 Å². The van der Waals surface area contributed by atoms with Crippen molar-refractivity contribution in [3.8, 4) is 0 Å². The van der Waals surface area contributed by atoms with Crippen LogP contribution in [0.5, 0.6) is 0 Å². The summed E-state index contributed by atoms with van der Waals surface area (Å²) in [6.45, 7) is -14.0. The van der Waals surface area contributed by atoms with Gasteiger partial charge in [-0.25, -0.2) is 14.4 Å². The standard InChI is InChI=1S/C69H114N6O53/c1-19(87)70-22(7-76)52(44(101)28(95)18-115-67(64(109)110)4-23(90)39(75-36(98)17-86)57(125-67)47(104)31(12-81)124-68(65(111)112)5-24(91)37(73-34(96)15-84)55(126-68)42(99)26(93)8-77)120-62-50(107)49(106)53(32(13-82)119-62)121-63-51(108)59(46(103)30(11-80)117-63)123-61-41(72-21(3)89)58(54(33(14-83)118-61)122-60-40(71-20(2)88)48(105)45(102)29(10-79)116-60)128-69(66(113)114)6-25(92)38(74-35(97)16-85)56(127-69)43(100)27(94)9-78/h22-33,37-63,76-86,90-95,99-108H,4-18H2,1-3H3,(H,70,87)(H,71,88)(H,72,89)(H,73,96)(H,74,97)(H,75,98)(H,109,110)(H,111,112)(H,113,114)/t22-,23-,24-,25-,26+,27+,28+,29+,30+,31+,32+,33+,37+,38+,39+,40+,41+,42+,43+,44-,45-,46-,47+,48+,49+,50+,51+,52+,53-,54-,55+,56+,57+,58+,59-,60-,61-,62-,63-,67+,68+,69-/m0/s1. The molecule has 7 saturated heterocycles. The Morgan fingerprint density at radius 3 is 1.24 bits per heavy atom. The molecule has 128 heavy (non-hydrogen) atoms. The normalized spacial score (nSPS) is 39.4. The molecular weight excluding hydrogens is 1760 g/mol. The number of carbonyl (C=O) groups is 9. The molecule has 0 radical (unpaired) electrons. The quantitative estimate of drug-likeness (QED) is 0.0269. The molecule has 0 spiro atoms. The molecule has 738 valence electrons. The number of amides is 6. The third kappa shape index (κ3) is 25.0. The molecule has 0 bridgehead atoms. The van der Waals surface area contributed by atoms with Gasteiger partial charge in [0.2, 0.25) is 35.4 Å². The summed E-state index contributed by atoms with van der Waals surface area (Å²) in [7, 11) is 0. The number of carboxylic acid groups (broad SMARTS) is 3. The topological polar surface area (TPSA) is 962 Å². The molecular formula is C69H114N6O53. The lowest BCUT2D eigenvalue weighted by Gasteiger charge is -2.53. The molecule has 42 atom stereocenters. The third-order valence-electron chi connectivity index (χ3n) is 22.0. The van der Waals surface area contributed by atoms with Gasteiger partial charge in [0, 0.05) is 40.0 Å². The van der Waals surface area contributed by atoms with Gasteiger partial charge in [-0.1, -0.05) is 0 Å². The monoisotopic (exact) mass is 1870 g/mol. The highest BCUT2D eigenvalue weighted by Gasteiger charge is 2.65. The van der Waals surface area contributed by atoms with Gasteiger partial charge in [0.05, 0.1) is 102 Å². The first-order valence-electron chi connectivity index (χ1n) is 39.4. The van der Waals surface area contributed by atoms with E-state index in [4.69, 9.17) is 66.3 Å². The Hall–Kier alpha value is -6.41. The van der Waals surface area contributed by atoms with Gasteiger partial charge in [-0.05, 0) is 0 Å². The summed E-state index contributed by atoms with van der Waals surface area (Å²) in [6.07, 6.45) is -83.6. The van der Waals surface area contributed by atoms with Crippen LogP contribution in [0.25, 0.3) is 0 Å². The largest absolute Gasteiger partial charge is 0.477 e. The van der Waals surface area contributed by atoms with Crippen LogP contribution in [-0.2, 0) is 109 Å². The van der Waals surface area contributed by atoms with Crippen molar-refractivity contribution >= 4 is 53.4 Å². The Balaban J connectivity index is 1.19. The van der Waals surface area contributed by atoms with Gasteiger partial charge in [-0.15, -0.1) is 0 Å². The van der Waals surface area contributed by atoms with E-state index in [9.17, 15) is 196 Å². The van der Waals surface area contributed by atoms with E-state index in [1.165, 1.54) is 0 Å². The van der Waals surface area contributed by atoms with Crippen molar-refractivity contribution in [2.24, 2.45) is 0 Å². The molecule has 36 N–H and O–H groups in total. The summed E-state index contributed by atoms with van der Waals surface area (Å²) >= 11 is 0. The van der Waals surface area contributed by atoms with Crippen LogP contribution in [0.2, 0.25) is 0 Å². The first kappa shape index (κ1) is 109. The van der Waals surface area contributed by atoms with E-state index in [2.05, 4.69) is 21.3 Å². The van der Waals surface area contributed by atoms with Crippen LogP contribution in [0.1, 0.15) is 40.0 Å². The lowest BCUT2D eigenvalue weighted by Crippen LogP contribution is -2.74. The number of carbonyl (C=O) groups excluding carboxylic acids is 6. The summed E-state index contributed by atoms with van der Waals surface area (Å²) < 4.78 is 81.8. The predicted octanol–water partition coefficient (Wildman–Crippen LogP) is -23.4. The Bertz CT molecular complexity index is 3620. The molecule has 6 amide bonds. The van der Waals surface area contributed by atoms with Crippen LogP contribution in [0.4, 0.5) is 0 Å². The smallest absolute Gasteiger partial charge is 0.364 e. The second-order valence-corrected chi connectivity index (χ2v) is 30.9. The second kappa shape index (κ2) is 47.5. The number of hydrogen-bond acceptors (Lipinski definition) is 50. The second-order valence-electron chi connectivity index (χ2n) is 30.9. The minimum Gasteiger partial charge on any atom is -0.477 e. The van der Waals surface area contributed by atoms with Crippen LogP contribution < -0.4 is 31.9 Å². The molecule has 59 heteroatoms. The number of carboxylic acids is 3. The zero-order chi connectivity index (χ0) is 96.0. The maximum atomic E-state index is 13.9. The van der Waals surface area contributed by atoms with Gasteiger partial charge >= 0.3 is 17.9 Å². The van der Waals surface area contributed by atoms with Gasteiger partial charge in [-0.2, -0.15) is 0 Å². The van der Waals surface area contributed by atoms with Gasteiger partial charge in [0.25, 0.3) is 17.4 Å². The van der Waals surface area contributed by atoms with Crippen molar-refractivity contribution in [2.75, 3.05) is 79.3 Å². The molecule has 0 unspecified atom stereocenters. The molecule has 7 aliphatic heterocycles. The predicted molar refractivity (Wildman–Crippen MR) is 392 cm³/mol. The fraction of sp³-hybridized carbons (Fsp3) is 0.870. The number of hydrogen-bond donors (Lipinski definition) is 36. The molecule has 7 aliphatic rings. The van der Waals surface area contributed by atoms with Crippen molar-refractivity contribution in [2.45, 2.75) is 296 Å². The molecule has 0 saturated carbocycles. The highest BCUT2D eigenvalue weighted by molar-refractivity contribution is 5.80. The first-order valence-corrected chi connectivity index (χ1v) is 39.4. The van der Waals surface area contributed by atoms with E-state index < -0.39 is 408 Å². The lowest BCUT2D eigenvalue weighted by molar-refractivity contribution is -0.394. The van der Waals surface area contributed by atoms with Crippen molar-refractivity contribution in [3.05, 3.63) is 0 Å². The number of rotatable bonds is 44. The Labute approximate surface area is 721 Å². The van der Waals surface area contributed by atoms with Gasteiger partial charge in [0.1, 0.15) is 191 Å². The van der Waals surface area contributed by atoms with Crippen LogP contribution in [0, 0.1) is 0 Å². The van der Waals surface area contributed by atoms with E-state index in [1.54, 1.807) is 0 Å². The molecule has 0 aromatic carbocycles. The summed E-state index contributed by atoms with van der Waals surface area (Å²) in [4.78, 5) is 117. The zero-order valence-corrected chi connectivity index (χ0v) is 67.9. The lowest BCUT2D eigenvalue weighted by atomic mass is 9.87. The minimum atomic E-state index is -3.56. The first-order chi connectivity index (χ1) is 60.2. The fourth-order valence-electron chi connectivity index (χ4n) is 15.5. The van der Waals surface area contributed by atoms with Crippen LogP contribution >= 0.6 is 0 Å². The molecule has 7 rings (SSSR count). The molecule has 0 aliphatic carbocycles. The molecule has 0 aromatic rings. The summed E-state index contributed by atoms with van der Waals surface area (Å²) in [5.74, 6) is -24.7. The van der Waals surface area contributed by atoms with E-state index in [1.807, 2.05) is 10.6 Å². The van der Waals surface area contributed by atoms with E-state index in [-0.39, 0.29) is 0 Å². The average molecular weight is 1880 g/mol. The molecule has 7 fully saturated rings. The van der Waals surface area contributed by atoms with Crippen LogP contribution in [0.3, 0.4) is 0 Å². The summed E-state index contributed by atoms with van der Waals surface area (Å²) in [5.41, 5.74) is 0.